The molecule has 1 aromatic heterocycles. The zero-order chi connectivity index (χ0) is 15.1. The lowest BCUT2D eigenvalue weighted by molar-refractivity contribution is 0.112. The number of carbonyl (C=O) groups excluding carboxylic acids is 1. The van der Waals surface area contributed by atoms with Crippen molar-refractivity contribution in [2.24, 2.45) is 0 Å². The molecule has 1 fully saturated rings. The molecular formula is C15H24N2O3S. The first-order valence-electron chi connectivity index (χ1n) is 7.66. The normalized spacial score (nSPS) is 14.4. The van der Waals surface area contributed by atoms with E-state index in [9.17, 15) is 4.79 Å². The van der Waals surface area contributed by atoms with Gasteiger partial charge in [-0.1, -0.05) is 11.3 Å². The van der Waals surface area contributed by atoms with Crippen LogP contribution < -0.4 is 4.90 Å². The Balaban J connectivity index is 2.04. The van der Waals surface area contributed by atoms with Crippen molar-refractivity contribution in [3.05, 3.63) is 10.6 Å². The van der Waals surface area contributed by atoms with Crippen molar-refractivity contribution < 1.29 is 14.3 Å². The summed E-state index contributed by atoms with van der Waals surface area (Å²) in [5.41, 5.74) is 0.989. The van der Waals surface area contributed by atoms with Gasteiger partial charge in [-0.3, -0.25) is 4.79 Å². The number of hydrogen-bond donors (Lipinski definition) is 0. The van der Waals surface area contributed by atoms with Gasteiger partial charge in [0.25, 0.3) is 0 Å². The van der Waals surface area contributed by atoms with E-state index in [0.717, 1.165) is 47.9 Å². The number of nitrogens with zero attached hydrogens (tertiary/aromatic N) is 2. The van der Waals surface area contributed by atoms with E-state index < -0.39 is 0 Å². The van der Waals surface area contributed by atoms with Crippen LogP contribution in [0.1, 0.15) is 48.0 Å². The van der Waals surface area contributed by atoms with Gasteiger partial charge in [-0.2, -0.15) is 0 Å². The minimum Gasteiger partial charge on any atom is -0.380 e. The monoisotopic (exact) mass is 312 g/mol. The Bertz CT molecular complexity index is 436. The number of anilines is 1. The van der Waals surface area contributed by atoms with Gasteiger partial charge in [-0.05, 0) is 26.7 Å². The van der Waals surface area contributed by atoms with Gasteiger partial charge < -0.3 is 14.4 Å². The average molecular weight is 312 g/mol. The van der Waals surface area contributed by atoms with Crippen molar-refractivity contribution in [3.8, 4) is 0 Å². The summed E-state index contributed by atoms with van der Waals surface area (Å²) in [6.45, 7) is 8.28. The highest BCUT2D eigenvalue weighted by molar-refractivity contribution is 7.17. The summed E-state index contributed by atoms with van der Waals surface area (Å²) in [4.78, 5) is 18.9. The van der Waals surface area contributed by atoms with Crippen LogP contribution in [0.5, 0.6) is 0 Å². The van der Waals surface area contributed by atoms with E-state index in [2.05, 4.69) is 4.90 Å². The lowest BCUT2D eigenvalue weighted by Gasteiger charge is -2.21. The SMILES string of the molecule is CCOCCN(CCOCC)c1nc(C2CC2)c(C=O)s1. The summed E-state index contributed by atoms with van der Waals surface area (Å²) < 4.78 is 10.9. The van der Waals surface area contributed by atoms with Crippen LogP contribution >= 0.6 is 11.3 Å². The van der Waals surface area contributed by atoms with Gasteiger partial charge in [-0.15, -0.1) is 0 Å². The molecule has 0 amide bonds. The van der Waals surface area contributed by atoms with Crippen LogP contribution in [0.2, 0.25) is 0 Å². The number of aromatic nitrogens is 1. The van der Waals surface area contributed by atoms with E-state index in [4.69, 9.17) is 14.5 Å². The van der Waals surface area contributed by atoms with Gasteiger partial charge in [0.05, 0.1) is 23.8 Å². The van der Waals surface area contributed by atoms with Crippen molar-refractivity contribution >= 4 is 22.8 Å². The molecule has 21 heavy (non-hydrogen) atoms. The number of aldehydes is 1. The zero-order valence-corrected chi connectivity index (χ0v) is 13.7. The molecule has 0 atom stereocenters. The summed E-state index contributed by atoms with van der Waals surface area (Å²) in [7, 11) is 0. The zero-order valence-electron chi connectivity index (χ0n) is 12.8. The molecule has 0 N–H and O–H groups in total. The van der Waals surface area contributed by atoms with Gasteiger partial charge in [0.1, 0.15) is 0 Å². The molecule has 1 heterocycles. The van der Waals surface area contributed by atoms with Gasteiger partial charge >= 0.3 is 0 Å². The van der Waals surface area contributed by atoms with Crippen LogP contribution in [0, 0.1) is 0 Å². The summed E-state index contributed by atoms with van der Waals surface area (Å²) in [6.07, 6.45) is 3.25. The average Bonchev–Trinajstić information content (AvgIpc) is 3.25. The number of carbonyl (C=O) groups is 1. The first-order chi connectivity index (χ1) is 10.3. The molecule has 0 spiro atoms. The van der Waals surface area contributed by atoms with Gasteiger partial charge in [0.15, 0.2) is 11.4 Å². The van der Waals surface area contributed by atoms with E-state index in [0.29, 0.717) is 32.3 Å². The second-order valence-electron chi connectivity index (χ2n) is 5.02. The highest BCUT2D eigenvalue weighted by Gasteiger charge is 2.30. The summed E-state index contributed by atoms with van der Waals surface area (Å²) in [5.74, 6) is 0.496. The van der Waals surface area contributed by atoms with Crippen molar-refractivity contribution in [2.75, 3.05) is 44.4 Å². The van der Waals surface area contributed by atoms with Gasteiger partial charge in [0, 0.05) is 32.2 Å². The minimum absolute atomic E-state index is 0.496. The van der Waals surface area contributed by atoms with Gasteiger partial charge in [0.2, 0.25) is 0 Å². The molecule has 0 radical (unpaired) electrons. The topological polar surface area (TPSA) is 51.7 Å². The quantitative estimate of drug-likeness (QED) is 0.464. The van der Waals surface area contributed by atoms with E-state index >= 15 is 0 Å². The smallest absolute Gasteiger partial charge is 0.186 e. The predicted molar refractivity (Wildman–Crippen MR) is 84.7 cm³/mol. The molecular weight excluding hydrogens is 288 g/mol. The standard InChI is InChI=1S/C15H24N2O3S/c1-3-19-9-7-17(8-10-20-4-2)15-16-14(12-5-6-12)13(11-18)21-15/h11-12H,3-10H2,1-2H3. The maximum atomic E-state index is 11.2. The summed E-state index contributed by atoms with van der Waals surface area (Å²) in [6, 6.07) is 0. The third kappa shape index (κ3) is 4.76. The molecule has 0 aliphatic heterocycles. The number of hydrogen-bond acceptors (Lipinski definition) is 6. The molecule has 2 rings (SSSR count). The fraction of sp³-hybridized carbons (Fsp3) is 0.733. The molecule has 118 valence electrons. The summed E-state index contributed by atoms with van der Waals surface area (Å²) in [5, 5.41) is 0.915. The van der Waals surface area contributed by atoms with E-state index in [1.807, 2.05) is 13.8 Å². The molecule has 0 bridgehead atoms. The van der Waals surface area contributed by atoms with Crippen molar-refractivity contribution in [1.29, 1.82) is 0 Å². The maximum Gasteiger partial charge on any atom is 0.186 e. The Kier molecular flexibility index (Phi) is 6.60. The Morgan fingerprint density at radius 3 is 2.33 bits per heavy atom. The van der Waals surface area contributed by atoms with Gasteiger partial charge in [-0.25, -0.2) is 4.98 Å². The van der Waals surface area contributed by atoms with Crippen LogP contribution in [0.4, 0.5) is 5.13 Å². The van der Waals surface area contributed by atoms with Crippen LogP contribution in [-0.4, -0.2) is 50.8 Å². The van der Waals surface area contributed by atoms with E-state index in [-0.39, 0.29) is 0 Å². The summed E-state index contributed by atoms with van der Waals surface area (Å²) >= 11 is 1.49. The molecule has 1 saturated carbocycles. The molecule has 0 saturated heterocycles. The molecule has 0 aromatic carbocycles. The fourth-order valence-electron chi connectivity index (χ4n) is 2.14. The second kappa shape index (κ2) is 8.46. The highest BCUT2D eigenvalue weighted by atomic mass is 32.1. The Morgan fingerprint density at radius 1 is 1.24 bits per heavy atom. The first kappa shape index (κ1) is 16.4. The molecule has 6 heteroatoms. The maximum absolute atomic E-state index is 11.2. The lowest BCUT2D eigenvalue weighted by atomic mass is 10.3. The number of rotatable bonds is 11. The Morgan fingerprint density at radius 2 is 1.86 bits per heavy atom. The Hall–Kier alpha value is -0.980. The molecule has 1 aliphatic rings. The third-order valence-electron chi connectivity index (χ3n) is 3.43. The van der Waals surface area contributed by atoms with Crippen molar-refractivity contribution in [2.45, 2.75) is 32.6 Å². The third-order valence-corrected chi connectivity index (χ3v) is 4.49. The second-order valence-corrected chi connectivity index (χ2v) is 6.03. The lowest BCUT2D eigenvalue weighted by Crippen LogP contribution is -2.31. The van der Waals surface area contributed by atoms with E-state index in [1.165, 1.54) is 11.3 Å². The minimum atomic E-state index is 0.496. The predicted octanol–water partition coefficient (Wildman–Crippen LogP) is 2.71. The molecule has 1 aromatic rings. The van der Waals surface area contributed by atoms with Crippen molar-refractivity contribution in [3.63, 3.8) is 0 Å². The van der Waals surface area contributed by atoms with Crippen LogP contribution in [-0.2, 0) is 9.47 Å². The fourth-order valence-corrected chi connectivity index (χ4v) is 3.16. The number of thiazole rings is 1. The van der Waals surface area contributed by atoms with Crippen LogP contribution in [0.25, 0.3) is 0 Å². The van der Waals surface area contributed by atoms with Crippen LogP contribution in [0.15, 0.2) is 0 Å². The Labute approximate surface area is 130 Å². The largest absolute Gasteiger partial charge is 0.380 e. The highest BCUT2D eigenvalue weighted by Crippen LogP contribution is 2.43. The number of ether oxygens (including phenoxy) is 2. The molecule has 0 unspecified atom stereocenters. The van der Waals surface area contributed by atoms with Crippen molar-refractivity contribution in [1.82, 2.24) is 4.98 Å². The van der Waals surface area contributed by atoms with Crippen LogP contribution in [0.3, 0.4) is 0 Å². The molecule has 1 aliphatic carbocycles. The first-order valence-corrected chi connectivity index (χ1v) is 8.48. The molecule has 5 nitrogen and oxygen atoms in total. The van der Waals surface area contributed by atoms with E-state index in [1.54, 1.807) is 0 Å².